The summed E-state index contributed by atoms with van der Waals surface area (Å²) in [5, 5.41) is 13.0. The molecule has 0 unspecified atom stereocenters. The molecule has 0 atom stereocenters. The van der Waals surface area contributed by atoms with Crippen molar-refractivity contribution in [2.75, 3.05) is 17.7 Å². The monoisotopic (exact) mass is 553 g/mol. The van der Waals surface area contributed by atoms with Crippen LogP contribution in [0.5, 0.6) is 5.75 Å². The Hall–Kier alpha value is -4.12. The molecule has 1 heterocycles. The number of rotatable bonds is 7. The van der Waals surface area contributed by atoms with Gasteiger partial charge in [0, 0.05) is 17.4 Å². The lowest BCUT2D eigenvalue weighted by Gasteiger charge is -2.11. The second-order valence-electron chi connectivity index (χ2n) is 6.65. The molecule has 37 heavy (non-hydrogen) atoms. The van der Waals surface area contributed by atoms with Gasteiger partial charge in [-0.25, -0.2) is 27.9 Å². The zero-order chi connectivity index (χ0) is 27.9. The van der Waals surface area contributed by atoms with Crippen LogP contribution in [0.2, 0.25) is 0 Å². The van der Waals surface area contributed by atoms with Gasteiger partial charge in [0.05, 0.1) is 4.90 Å². The van der Waals surface area contributed by atoms with Crippen LogP contribution in [0, 0.1) is 0 Å². The molecule has 0 aliphatic heterocycles. The summed E-state index contributed by atoms with van der Waals surface area (Å²) in [6.07, 6.45) is -8.56. The highest BCUT2D eigenvalue weighted by molar-refractivity contribution is 7.89. The first-order valence-corrected chi connectivity index (χ1v) is 11.1. The molecular weight excluding hydrogens is 536 g/mol. The van der Waals surface area contributed by atoms with Crippen LogP contribution in [0.1, 0.15) is 0 Å². The normalized spacial score (nSPS) is 11.6. The Morgan fingerprint density at radius 3 is 1.92 bits per heavy atom. The van der Waals surface area contributed by atoms with E-state index in [0.29, 0.717) is 23.0 Å². The molecule has 200 valence electrons. The van der Waals surface area contributed by atoms with Crippen LogP contribution in [0.25, 0.3) is 0 Å². The second kappa shape index (κ2) is 11.7. The Kier molecular flexibility index (Phi) is 9.24. The van der Waals surface area contributed by atoms with E-state index in [1.54, 1.807) is 18.2 Å². The van der Waals surface area contributed by atoms with Gasteiger partial charge in [-0.3, -0.25) is 0 Å². The minimum Gasteiger partial charge on any atom is -0.475 e. The van der Waals surface area contributed by atoms with Crippen molar-refractivity contribution in [2.24, 2.45) is 0 Å². The molecule has 4 N–H and O–H groups in total. The largest absolute Gasteiger partial charge is 0.573 e. The van der Waals surface area contributed by atoms with Gasteiger partial charge in [-0.1, -0.05) is 6.07 Å². The number of halogens is 6. The van der Waals surface area contributed by atoms with Crippen molar-refractivity contribution < 1.29 is 49.4 Å². The number of carboxylic acid groups (broad SMARTS) is 1. The number of nitrogens with one attached hydrogen (secondary N) is 3. The number of carbonyl (C=O) groups is 1. The van der Waals surface area contributed by atoms with Gasteiger partial charge in [-0.05, 0) is 49.5 Å². The van der Waals surface area contributed by atoms with Crippen LogP contribution < -0.4 is 20.1 Å². The Morgan fingerprint density at radius 1 is 0.892 bits per heavy atom. The topological polar surface area (TPSA) is 143 Å². The predicted molar refractivity (Wildman–Crippen MR) is 118 cm³/mol. The van der Waals surface area contributed by atoms with Gasteiger partial charge in [-0.15, -0.1) is 13.2 Å². The van der Waals surface area contributed by atoms with Crippen molar-refractivity contribution >= 4 is 39.0 Å². The molecular formula is C20H17F6N5O5S. The van der Waals surface area contributed by atoms with E-state index in [2.05, 4.69) is 30.1 Å². The smallest absolute Gasteiger partial charge is 0.475 e. The zero-order valence-electron chi connectivity index (χ0n) is 18.4. The zero-order valence-corrected chi connectivity index (χ0v) is 19.2. The number of anilines is 4. The first-order valence-electron chi connectivity index (χ1n) is 9.65. The predicted octanol–water partition coefficient (Wildman–Crippen LogP) is 4.40. The molecule has 1 aromatic heterocycles. The molecule has 17 heteroatoms. The molecule has 0 spiro atoms. The molecule has 3 aromatic rings. The highest BCUT2D eigenvalue weighted by atomic mass is 32.2. The standard InChI is InChI=1S/C18H16F3N5O3S.C2HF3O2/c1-22-30(27,28)15-4-2-3-13(9-15)26-17-10-16(23-11-24-17)25-12-5-7-14(8-6-12)29-18(19,20)21;3-2(4,5)1(6)7/h2-11,22H,1H3,(H2,23,24,25,26);(H,6,7). The molecule has 0 aliphatic rings. The lowest BCUT2D eigenvalue weighted by molar-refractivity contribution is -0.274. The van der Waals surface area contributed by atoms with E-state index in [-0.39, 0.29) is 10.6 Å². The number of sulfonamides is 1. The Labute approximate surface area is 205 Å². The summed E-state index contributed by atoms with van der Waals surface area (Å²) >= 11 is 0. The van der Waals surface area contributed by atoms with Crippen molar-refractivity contribution in [2.45, 2.75) is 17.4 Å². The number of hydrogen-bond acceptors (Lipinski definition) is 8. The van der Waals surface area contributed by atoms with E-state index >= 15 is 0 Å². The average molecular weight is 553 g/mol. The van der Waals surface area contributed by atoms with Crippen molar-refractivity contribution in [3.63, 3.8) is 0 Å². The third-order valence-corrected chi connectivity index (χ3v) is 5.37. The fraction of sp³-hybridized carbons (Fsp3) is 0.150. The van der Waals surface area contributed by atoms with Crippen LogP contribution in [-0.2, 0) is 14.8 Å². The van der Waals surface area contributed by atoms with E-state index in [1.165, 1.54) is 49.8 Å². The summed E-state index contributed by atoms with van der Waals surface area (Å²) in [7, 11) is -2.27. The summed E-state index contributed by atoms with van der Waals surface area (Å²) in [6.45, 7) is 0. The van der Waals surface area contributed by atoms with Crippen LogP contribution in [-0.4, -0.2) is 49.0 Å². The maximum absolute atomic E-state index is 12.2. The first-order chi connectivity index (χ1) is 17.1. The number of ether oxygens (including phenoxy) is 1. The third-order valence-electron chi connectivity index (χ3n) is 3.96. The van der Waals surface area contributed by atoms with E-state index in [9.17, 15) is 34.8 Å². The molecule has 0 amide bonds. The number of aliphatic carboxylic acids is 1. The molecule has 0 radical (unpaired) electrons. The number of alkyl halides is 6. The summed E-state index contributed by atoms with van der Waals surface area (Å²) in [4.78, 5) is 17.1. The number of benzene rings is 2. The maximum Gasteiger partial charge on any atom is 0.573 e. The van der Waals surface area contributed by atoms with Crippen LogP contribution in [0.3, 0.4) is 0 Å². The fourth-order valence-corrected chi connectivity index (χ4v) is 3.16. The summed E-state index contributed by atoms with van der Waals surface area (Å²) in [5.41, 5.74) is 0.973. The lowest BCUT2D eigenvalue weighted by atomic mass is 10.3. The first kappa shape index (κ1) is 29.1. The number of hydrogen-bond donors (Lipinski definition) is 4. The van der Waals surface area contributed by atoms with Crippen molar-refractivity contribution in [1.29, 1.82) is 0 Å². The van der Waals surface area contributed by atoms with Crippen molar-refractivity contribution in [3.05, 3.63) is 60.9 Å². The van der Waals surface area contributed by atoms with E-state index in [4.69, 9.17) is 9.90 Å². The fourth-order valence-electron chi connectivity index (χ4n) is 2.39. The molecule has 2 aromatic carbocycles. The van der Waals surface area contributed by atoms with E-state index in [0.717, 1.165) is 0 Å². The van der Waals surface area contributed by atoms with Gasteiger partial charge < -0.3 is 20.5 Å². The van der Waals surface area contributed by atoms with Gasteiger partial charge in [0.1, 0.15) is 23.7 Å². The highest BCUT2D eigenvalue weighted by Crippen LogP contribution is 2.26. The summed E-state index contributed by atoms with van der Waals surface area (Å²) in [5.74, 6) is -2.35. The van der Waals surface area contributed by atoms with Gasteiger partial charge in [-0.2, -0.15) is 13.2 Å². The Bertz CT molecular complexity index is 1320. The molecule has 10 nitrogen and oxygen atoms in total. The van der Waals surface area contributed by atoms with Crippen LogP contribution >= 0.6 is 0 Å². The SMILES string of the molecule is CNS(=O)(=O)c1cccc(Nc2cc(Nc3ccc(OC(F)(F)F)cc3)ncn2)c1.O=C(O)C(F)(F)F. The van der Waals surface area contributed by atoms with Crippen LogP contribution in [0.15, 0.2) is 65.8 Å². The quantitative estimate of drug-likeness (QED) is 0.313. The van der Waals surface area contributed by atoms with Gasteiger partial charge >= 0.3 is 18.5 Å². The third kappa shape index (κ3) is 9.80. The molecule has 0 saturated heterocycles. The Morgan fingerprint density at radius 2 is 1.43 bits per heavy atom. The summed E-state index contributed by atoms with van der Waals surface area (Å²) in [6, 6.07) is 12.9. The number of nitrogens with zero attached hydrogens (tertiary/aromatic N) is 2. The molecule has 0 aliphatic carbocycles. The van der Waals surface area contributed by atoms with Crippen molar-refractivity contribution in [1.82, 2.24) is 14.7 Å². The average Bonchev–Trinajstić information content (AvgIpc) is 2.80. The van der Waals surface area contributed by atoms with Crippen LogP contribution in [0.4, 0.5) is 49.4 Å². The lowest BCUT2D eigenvalue weighted by Crippen LogP contribution is -2.21. The second-order valence-corrected chi connectivity index (χ2v) is 8.54. The number of carboxylic acids is 1. The van der Waals surface area contributed by atoms with E-state index in [1.807, 2.05) is 0 Å². The molecule has 0 fully saturated rings. The van der Waals surface area contributed by atoms with Gasteiger partial charge in [0.2, 0.25) is 10.0 Å². The highest BCUT2D eigenvalue weighted by Gasteiger charge is 2.38. The minimum absolute atomic E-state index is 0.0866. The maximum atomic E-state index is 12.2. The Balaban J connectivity index is 0.000000604. The van der Waals surface area contributed by atoms with Gasteiger partial charge in [0.25, 0.3) is 0 Å². The molecule has 0 bridgehead atoms. The minimum atomic E-state index is -5.08. The molecule has 3 rings (SSSR count). The van der Waals surface area contributed by atoms with Gasteiger partial charge in [0.15, 0.2) is 0 Å². The molecule has 0 saturated carbocycles. The summed E-state index contributed by atoms with van der Waals surface area (Å²) < 4.78 is 98.3. The van der Waals surface area contributed by atoms with E-state index < -0.39 is 28.5 Å². The number of aromatic nitrogens is 2. The van der Waals surface area contributed by atoms with Crippen molar-refractivity contribution in [3.8, 4) is 5.75 Å².